The summed E-state index contributed by atoms with van der Waals surface area (Å²) in [5.74, 6) is 0. The maximum absolute atomic E-state index is 5.54. The molecule has 2 fully saturated rings. The number of ether oxygens (including phenoxy) is 1. The van der Waals surface area contributed by atoms with E-state index in [2.05, 4.69) is 24.1 Å². The average molecular weight is 240 g/mol. The summed E-state index contributed by atoms with van der Waals surface area (Å²) in [5.41, 5.74) is 0.419. The van der Waals surface area contributed by atoms with E-state index in [0.29, 0.717) is 17.7 Å². The molecule has 1 aliphatic carbocycles. The second-order valence-corrected chi connectivity index (χ2v) is 5.84. The second-order valence-electron chi connectivity index (χ2n) is 5.84. The summed E-state index contributed by atoms with van der Waals surface area (Å²) in [5, 5.41) is 3.60. The lowest BCUT2D eigenvalue weighted by molar-refractivity contribution is -0.0522. The van der Waals surface area contributed by atoms with Crippen LogP contribution in [-0.2, 0) is 4.74 Å². The lowest BCUT2D eigenvalue weighted by atomic mass is 9.78. The number of nitrogens with one attached hydrogen (secondary N) is 1. The van der Waals surface area contributed by atoms with Crippen molar-refractivity contribution in [3.05, 3.63) is 0 Å². The molecule has 1 heterocycles. The molecule has 0 radical (unpaired) electrons. The zero-order valence-corrected chi connectivity index (χ0v) is 11.7. The highest BCUT2D eigenvalue weighted by Gasteiger charge is 2.42. The van der Waals surface area contributed by atoms with E-state index in [1.54, 1.807) is 0 Å². The summed E-state index contributed by atoms with van der Waals surface area (Å²) >= 11 is 0. The van der Waals surface area contributed by atoms with Crippen molar-refractivity contribution in [1.82, 2.24) is 10.2 Å². The highest BCUT2D eigenvalue weighted by molar-refractivity contribution is 5.00. The van der Waals surface area contributed by atoms with E-state index in [-0.39, 0.29) is 0 Å². The van der Waals surface area contributed by atoms with Gasteiger partial charge in [-0.05, 0) is 26.7 Å². The van der Waals surface area contributed by atoms with Crippen molar-refractivity contribution in [1.29, 1.82) is 0 Å². The molecule has 1 saturated carbocycles. The van der Waals surface area contributed by atoms with Gasteiger partial charge in [0.05, 0.1) is 6.10 Å². The molecule has 1 spiro atoms. The zero-order chi connectivity index (χ0) is 12.3. The van der Waals surface area contributed by atoms with Crippen molar-refractivity contribution in [2.24, 2.45) is 0 Å². The highest BCUT2D eigenvalue weighted by atomic mass is 16.5. The molecule has 2 unspecified atom stereocenters. The minimum atomic E-state index is 0.326. The molecule has 2 atom stereocenters. The fourth-order valence-corrected chi connectivity index (χ4v) is 3.62. The first kappa shape index (κ1) is 13.3. The molecule has 3 heteroatoms. The van der Waals surface area contributed by atoms with Gasteiger partial charge >= 0.3 is 0 Å². The third kappa shape index (κ3) is 2.67. The Balaban J connectivity index is 2.10. The smallest absolute Gasteiger partial charge is 0.0695 e. The molecule has 2 rings (SSSR count). The minimum absolute atomic E-state index is 0.326. The van der Waals surface area contributed by atoms with E-state index in [9.17, 15) is 0 Å². The third-order valence-corrected chi connectivity index (χ3v) is 4.92. The van der Waals surface area contributed by atoms with Crippen molar-refractivity contribution in [3.63, 3.8) is 0 Å². The van der Waals surface area contributed by atoms with Crippen molar-refractivity contribution in [2.75, 3.05) is 26.7 Å². The Kier molecular flexibility index (Phi) is 4.45. The Bertz CT molecular complexity index is 230. The molecule has 100 valence electrons. The molecule has 17 heavy (non-hydrogen) atoms. The van der Waals surface area contributed by atoms with Crippen LogP contribution in [0.4, 0.5) is 0 Å². The predicted octanol–water partition coefficient (Wildman–Crippen LogP) is 2.02. The zero-order valence-electron chi connectivity index (χ0n) is 11.7. The van der Waals surface area contributed by atoms with Gasteiger partial charge in [-0.15, -0.1) is 0 Å². The van der Waals surface area contributed by atoms with Crippen molar-refractivity contribution < 1.29 is 4.74 Å². The van der Waals surface area contributed by atoms with Gasteiger partial charge in [-0.25, -0.2) is 0 Å². The van der Waals surface area contributed by atoms with Crippen molar-refractivity contribution >= 4 is 0 Å². The highest BCUT2D eigenvalue weighted by Crippen LogP contribution is 2.36. The standard InChI is InChI=1S/C14H28N2O/c1-12(13(2)17-3)16-10-9-15-11-14(16)7-5-4-6-8-14/h12-13,15H,4-11H2,1-3H3. The quantitative estimate of drug-likeness (QED) is 0.817. The molecule has 0 amide bonds. The summed E-state index contributed by atoms with van der Waals surface area (Å²) in [4.78, 5) is 2.73. The van der Waals surface area contributed by atoms with E-state index in [1.807, 2.05) is 7.11 Å². The minimum Gasteiger partial charge on any atom is -0.380 e. The lowest BCUT2D eigenvalue weighted by Gasteiger charge is -2.53. The molecule has 0 bridgehead atoms. The first-order chi connectivity index (χ1) is 8.19. The maximum atomic E-state index is 5.54. The Morgan fingerprint density at radius 3 is 2.53 bits per heavy atom. The number of rotatable bonds is 3. The van der Waals surface area contributed by atoms with Gasteiger partial charge < -0.3 is 10.1 Å². The van der Waals surface area contributed by atoms with Crippen LogP contribution in [0.5, 0.6) is 0 Å². The molecular formula is C14H28N2O. The molecule has 2 aliphatic rings. The first-order valence-electron chi connectivity index (χ1n) is 7.20. The molecule has 1 saturated heterocycles. The number of hydrogen-bond acceptors (Lipinski definition) is 3. The summed E-state index contributed by atoms with van der Waals surface area (Å²) in [6.07, 6.45) is 7.26. The van der Waals surface area contributed by atoms with Crippen molar-refractivity contribution in [2.45, 2.75) is 63.6 Å². The van der Waals surface area contributed by atoms with Crippen LogP contribution < -0.4 is 5.32 Å². The number of methoxy groups -OCH3 is 1. The molecule has 3 nitrogen and oxygen atoms in total. The van der Waals surface area contributed by atoms with Gasteiger partial charge in [0.2, 0.25) is 0 Å². The van der Waals surface area contributed by atoms with Gasteiger partial charge in [0.1, 0.15) is 0 Å². The Labute approximate surface area is 106 Å². The van der Waals surface area contributed by atoms with Crippen LogP contribution in [0.3, 0.4) is 0 Å². The molecule has 1 aliphatic heterocycles. The van der Waals surface area contributed by atoms with Gasteiger partial charge in [-0.1, -0.05) is 19.3 Å². The maximum Gasteiger partial charge on any atom is 0.0695 e. The van der Waals surface area contributed by atoms with Crippen LogP contribution in [0.15, 0.2) is 0 Å². The molecule has 1 N–H and O–H groups in total. The summed E-state index contributed by atoms with van der Waals surface area (Å²) < 4.78 is 5.54. The van der Waals surface area contributed by atoms with Gasteiger partial charge in [-0.2, -0.15) is 0 Å². The van der Waals surface area contributed by atoms with Crippen LogP contribution >= 0.6 is 0 Å². The van der Waals surface area contributed by atoms with Gasteiger partial charge in [0.25, 0.3) is 0 Å². The van der Waals surface area contributed by atoms with Gasteiger partial charge in [-0.3, -0.25) is 4.90 Å². The first-order valence-corrected chi connectivity index (χ1v) is 7.20. The van der Waals surface area contributed by atoms with Crippen LogP contribution in [0.1, 0.15) is 46.0 Å². The fourth-order valence-electron chi connectivity index (χ4n) is 3.62. The Hall–Kier alpha value is -0.120. The van der Waals surface area contributed by atoms with Crippen LogP contribution in [0, 0.1) is 0 Å². The molecule has 0 aromatic heterocycles. The largest absolute Gasteiger partial charge is 0.380 e. The number of piperazine rings is 1. The van der Waals surface area contributed by atoms with Crippen LogP contribution in [0.25, 0.3) is 0 Å². The summed E-state index contributed by atoms with van der Waals surface area (Å²) in [7, 11) is 1.83. The molecular weight excluding hydrogens is 212 g/mol. The topological polar surface area (TPSA) is 24.5 Å². The summed E-state index contributed by atoms with van der Waals surface area (Å²) in [6, 6.07) is 0.528. The number of nitrogens with zero attached hydrogens (tertiary/aromatic N) is 1. The van der Waals surface area contributed by atoms with E-state index >= 15 is 0 Å². The predicted molar refractivity (Wildman–Crippen MR) is 71.3 cm³/mol. The molecule has 0 aromatic carbocycles. The Morgan fingerprint density at radius 1 is 1.18 bits per heavy atom. The van der Waals surface area contributed by atoms with E-state index in [1.165, 1.54) is 45.2 Å². The SMILES string of the molecule is COC(C)C(C)N1CCNCC12CCCCC2. The number of hydrogen-bond donors (Lipinski definition) is 1. The van der Waals surface area contributed by atoms with Gasteiger partial charge in [0, 0.05) is 38.3 Å². The average Bonchev–Trinajstić information content (AvgIpc) is 2.38. The fraction of sp³-hybridized carbons (Fsp3) is 1.00. The van der Waals surface area contributed by atoms with E-state index < -0.39 is 0 Å². The lowest BCUT2D eigenvalue weighted by Crippen LogP contribution is -2.65. The molecule has 0 aromatic rings. The van der Waals surface area contributed by atoms with E-state index in [0.717, 1.165) is 6.54 Å². The normalized spacial score (nSPS) is 29.1. The van der Waals surface area contributed by atoms with Crippen LogP contribution in [0.2, 0.25) is 0 Å². The van der Waals surface area contributed by atoms with E-state index in [4.69, 9.17) is 4.74 Å². The second kappa shape index (κ2) is 5.68. The van der Waals surface area contributed by atoms with Crippen LogP contribution in [-0.4, -0.2) is 49.3 Å². The Morgan fingerprint density at radius 2 is 1.88 bits per heavy atom. The third-order valence-electron chi connectivity index (χ3n) is 4.92. The monoisotopic (exact) mass is 240 g/mol. The summed E-state index contributed by atoms with van der Waals surface area (Å²) in [6.45, 7) is 8.00. The van der Waals surface area contributed by atoms with Crippen molar-refractivity contribution in [3.8, 4) is 0 Å². The van der Waals surface area contributed by atoms with Gasteiger partial charge in [0.15, 0.2) is 0 Å².